The maximum absolute atomic E-state index is 5.32. The van der Waals surface area contributed by atoms with Crippen LogP contribution in [-0.4, -0.2) is 33.9 Å². The molecule has 1 fully saturated rings. The first kappa shape index (κ1) is 13.7. The molecule has 4 nitrogen and oxygen atoms in total. The van der Waals surface area contributed by atoms with Gasteiger partial charge in [0.05, 0.1) is 21.3 Å². The molecule has 0 bridgehead atoms. The molecule has 1 saturated carbocycles. The number of hydrogen-bond donors (Lipinski definition) is 1. The van der Waals surface area contributed by atoms with Crippen LogP contribution in [0, 0.1) is 0 Å². The van der Waals surface area contributed by atoms with Crippen LogP contribution in [0.25, 0.3) is 6.08 Å². The molecular weight excluding hydrogens is 242 g/mol. The highest BCUT2D eigenvalue weighted by Crippen LogP contribution is 2.38. The number of ether oxygens (including phenoxy) is 3. The molecule has 0 saturated heterocycles. The van der Waals surface area contributed by atoms with Crippen LogP contribution in [0.2, 0.25) is 0 Å². The third kappa shape index (κ3) is 3.64. The van der Waals surface area contributed by atoms with Crippen LogP contribution in [0.3, 0.4) is 0 Å². The normalized spacial score (nSPS) is 14.7. The summed E-state index contributed by atoms with van der Waals surface area (Å²) < 4.78 is 15.9. The van der Waals surface area contributed by atoms with Gasteiger partial charge in [0.1, 0.15) is 0 Å². The van der Waals surface area contributed by atoms with Crippen molar-refractivity contribution in [3.63, 3.8) is 0 Å². The highest BCUT2D eigenvalue weighted by molar-refractivity contribution is 5.62. The minimum Gasteiger partial charge on any atom is -0.493 e. The summed E-state index contributed by atoms with van der Waals surface area (Å²) in [7, 11) is 4.86. The van der Waals surface area contributed by atoms with E-state index < -0.39 is 0 Å². The van der Waals surface area contributed by atoms with Crippen molar-refractivity contribution in [3.05, 3.63) is 23.8 Å². The molecule has 0 heterocycles. The standard InChI is InChI=1S/C15H21NO3/c1-17-13-9-11(5-4-8-16-12-6-7-12)10-14(18-2)15(13)19-3/h4-5,9-10,12,16H,6-8H2,1-3H3. The molecule has 104 valence electrons. The third-order valence-electron chi connectivity index (χ3n) is 3.10. The van der Waals surface area contributed by atoms with Crippen LogP contribution in [0.5, 0.6) is 17.2 Å². The van der Waals surface area contributed by atoms with Crippen molar-refractivity contribution >= 4 is 6.08 Å². The molecular formula is C15H21NO3. The summed E-state index contributed by atoms with van der Waals surface area (Å²) in [5.74, 6) is 1.98. The SMILES string of the molecule is COc1cc(C=CCNC2CC2)cc(OC)c1OC. The molecule has 0 spiro atoms. The Balaban J connectivity index is 2.10. The van der Waals surface area contributed by atoms with Crippen molar-refractivity contribution < 1.29 is 14.2 Å². The van der Waals surface area contributed by atoms with E-state index in [9.17, 15) is 0 Å². The smallest absolute Gasteiger partial charge is 0.203 e. The number of hydrogen-bond acceptors (Lipinski definition) is 4. The van der Waals surface area contributed by atoms with Crippen LogP contribution in [0.1, 0.15) is 18.4 Å². The lowest BCUT2D eigenvalue weighted by Gasteiger charge is -2.12. The van der Waals surface area contributed by atoms with Crippen molar-refractivity contribution in [2.75, 3.05) is 27.9 Å². The van der Waals surface area contributed by atoms with E-state index in [1.54, 1.807) is 21.3 Å². The quantitative estimate of drug-likeness (QED) is 0.820. The molecule has 4 heteroatoms. The Labute approximate surface area is 114 Å². The first-order valence-electron chi connectivity index (χ1n) is 6.48. The van der Waals surface area contributed by atoms with Gasteiger partial charge in [-0.15, -0.1) is 0 Å². The van der Waals surface area contributed by atoms with Crippen molar-refractivity contribution in [2.24, 2.45) is 0 Å². The molecule has 2 rings (SSSR count). The number of benzene rings is 1. The van der Waals surface area contributed by atoms with Gasteiger partial charge in [0.2, 0.25) is 5.75 Å². The van der Waals surface area contributed by atoms with Gasteiger partial charge in [-0.1, -0.05) is 12.2 Å². The second-order valence-electron chi connectivity index (χ2n) is 4.54. The molecule has 0 unspecified atom stereocenters. The van der Waals surface area contributed by atoms with Crippen LogP contribution in [-0.2, 0) is 0 Å². The highest BCUT2D eigenvalue weighted by Gasteiger charge is 2.19. The molecule has 0 aromatic heterocycles. The Morgan fingerprint density at radius 1 is 1.11 bits per heavy atom. The van der Waals surface area contributed by atoms with Gasteiger partial charge in [0, 0.05) is 12.6 Å². The molecule has 0 amide bonds. The van der Waals surface area contributed by atoms with E-state index in [2.05, 4.69) is 17.5 Å². The molecule has 1 aromatic carbocycles. The van der Waals surface area contributed by atoms with E-state index in [1.165, 1.54) is 12.8 Å². The second-order valence-corrected chi connectivity index (χ2v) is 4.54. The van der Waals surface area contributed by atoms with Crippen molar-refractivity contribution in [2.45, 2.75) is 18.9 Å². The lowest BCUT2D eigenvalue weighted by molar-refractivity contribution is 0.324. The molecule has 0 aliphatic heterocycles. The van der Waals surface area contributed by atoms with E-state index in [4.69, 9.17) is 14.2 Å². The average molecular weight is 263 g/mol. The minimum absolute atomic E-state index is 0.623. The third-order valence-corrected chi connectivity index (χ3v) is 3.10. The molecule has 1 aliphatic carbocycles. The Bertz CT molecular complexity index is 428. The maximum atomic E-state index is 5.32. The number of nitrogens with one attached hydrogen (secondary N) is 1. The van der Waals surface area contributed by atoms with Crippen molar-refractivity contribution in [1.29, 1.82) is 0 Å². The summed E-state index contributed by atoms with van der Waals surface area (Å²) in [6.45, 7) is 0.890. The van der Waals surface area contributed by atoms with Crippen LogP contribution >= 0.6 is 0 Å². The highest BCUT2D eigenvalue weighted by atomic mass is 16.5. The summed E-state index contributed by atoms with van der Waals surface area (Å²) in [5, 5.41) is 3.43. The van der Waals surface area contributed by atoms with Gasteiger partial charge in [0.25, 0.3) is 0 Å². The summed E-state index contributed by atoms with van der Waals surface area (Å²) in [6, 6.07) is 4.61. The average Bonchev–Trinajstić information content (AvgIpc) is 3.26. The predicted octanol–water partition coefficient (Wildman–Crippen LogP) is 2.48. The Morgan fingerprint density at radius 3 is 2.21 bits per heavy atom. The van der Waals surface area contributed by atoms with Crippen LogP contribution in [0.4, 0.5) is 0 Å². The molecule has 0 atom stereocenters. The first-order chi connectivity index (χ1) is 9.28. The summed E-state index contributed by atoms with van der Waals surface area (Å²) in [5.41, 5.74) is 1.03. The van der Waals surface area contributed by atoms with Gasteiger partial charge in [-0.2, -0.15) is 0 Å². The van der Waals surface area contributed by atoms with Crippen molar-refractivity contribution in [1.82, 2.24) is 5.32 Å². The fourth-order valence-electron chi connectivity index (χ4n) is 1.91. The minimum atomic E-state index is 0.623. The second kappa shape index (κ2) is 6.48. The molecule has 1 aliphatic rings. The van der Waals surface area contributed by atoms with E-state index in [0.717, 1.165) is 18.2 Å². The Kier molecular flexibility index (Phi) is 4.68. The summed E-state index contributed by atoms with van der Waals surface area (Å²) in [6.07, 6.45) is 6.77. The van der Waals surface area contributed by atoms with Crippen LogP contribution in [0.15, 0.2) is 18.2 Å². The zero-order valence-corrected chi connectivity index (χ0v) is 11.7. The zero-order valence-electron chi connectivity index (χ0n) is 11.7. The lowest BCUT2D eigenvalue weighted by atomic mass is 10.1. The summed E-state index contributed by atoms with van der Waals surface area (Å²) in [4.78, 5) is 0. The molecule has 1 aromatic rings. The van der Waals surface area contributed by atoms with Gasteiger partial charge in [0.15, 0.2) is 11.5 Å². The van der Waals surface area contributed by atoms with Gasteiger partial charge in [-0.05, 0) is 30.5 Å². The monoisotopic (exact) mass is 263 g/mol. The van der Waals surface area contributed by atoms with E-state index in [1.807, 2.05) is 12.1 Å². The molecule has 19 heavy (non-hydrogen) atoms. The van der Waals surface area contributed by atoms with Gasteiger partial charge >= 0.3 is 0 Å². The van der Waals surface area contributed by atoms with Crippen LogP contribution < -0.4 is 19.5 Å². The lowest BCUT2D eigenvalue weighted by Crippen LogP contribution is -2.15. The zero-order chi connectivity index (χ0) is 13.7. The van der Waals surface area contributed by atoms with Gasteiger partial charge in [-0.3, -0.25) is 0 Å². The Hall–Kier alpha value is -1.68. The predicted molar refractivity (Wildman–Crippen MR) is 76.2 cm³/mol. The fourth-order valence-corrected chi connectivity index (χ4v) is 1.91. The molecule has 1 N–H and O–H groups in total. The fraction of sp³-hybridized carbons (Fsp3) is 0.467. The number of rotatable bonds is 7. The molecule has 0 radical (unpaired) electrons. The van der Waals surface area contributed by atoms with E-state index in [0.29, 0.717) is 17.2 Å². The maximum Gasteiger partial charge on any atom is 0.203 e. The van der Waals surface area contributed by atoms with E-state index in [-0.39, 0.29) is 0 Å². The van der Waals surface area contributed by atoms with Gasteiger partial charge < -0.3 is 19.5 Å². The van der Waals surface area contributed by atoms with Gasteiger partial charge in [-0.25, -0.2) is 0 Å². The first-order valence-corrected chi connectivity index (χ1v) is 6.48. The largest absolute Gasteiger partial charge is 0.493 e. The topological polar surface area (TPSA) is 39.7 Å². The Morgan fingerprint density at radius 2 is 1.74 bits per heavy atom. The number of methoxy groups -OCH3 is 3. The van der Waals surface area contributed by atoms with E-state index >= 15 is 0 Å². The summed E-state index contributed by atoms with van der Waals surface area (Å²) >= 11 is 0. The van der Waals surface area contributed by atoms with Crippen molar-refractivity contribution in [3.8, 4) is 17.2 Å².